The molecule has 0 aromatic carbocycles. The number of aromatic nitrogens is 1. The van der Waals surface area contributed by atoms with Crippen molar-refractivity contribution in [3.05, 3.63) is 28.5 Å². The summed E-state index contributed by atoms with van der Waals surface area (Å²) < 4.78 is 6.15. The number of amides is 1. The summed E-state index contributed by atoms with van der Waals surface area (Å²) in [5, 5.41) is 0. The molecule has 0 bridgehead atoms. The van der Waals surface area contributed by atoms with Crippen molar-refractivity contribution < 1.29 is 9.53 Å². The van der Waals surface area contributed by atoms with Crippen molar-refractivity contribution >= 4 is 18.3 Å². The van der Waals surface area contributed by atoms with Crippen LogP contribution in [0.15, 0.2) is 18.3 Å². The van der Waals surface area contributed by atoms with Crippen molar-refractivity contribution in [3.63, 3.8) is 0 Å². The minimum atomic E-state index is -0.458. The highest BCUT2D eigenvalue weighted by molar-refractivity contribution is 7.71. The van der Waals surface area contributed by atoms with Crippen LogP contribution in [0.3, 0.4) is 0 Å². The van der Waals surface area contributed by atoms with Gasteiger partial charge in [0.1, 0.15) is 10.2 Å². The van der Waals surface area contributed by atoms with Gasteiger partial charge in [-0.15, -0.1) is 0 Å². The van der Waals surface area contributed by atoms with Gasteiger partial charge in [0.2, 0.25) is 0 Å². The first-order chi connectivity index (χ1) is 8.87. The molecule has 1 N–H and O–H groups in total. The Morgan fingerprint density at radius 1 is 1.47 bits per heavy atom. The Balaban J connectivity index is 2.15. The average Bonchev–Trinajstić information content (AvgIpc) is 2.76. The molecule has 0 saturated carbocycles. The van der Waals surface area contributed by atoms with E-state index in [0.717, 1.165) is 24.9 Å². The summed E-state index contributed by atoms with van der Waals surface area (Å²) in [6, 6.07) is 3.92. The molecule has 4 nitrogen and oxygen atoms in total. The predicted molar refractivity (Wildman–Crippen MR) is 76.5 cm³/mol. The summed E-state index contributed by atoms with van der Waals surface area (Å²) in [7, 11) is 0. The molecule has 19 heavy (non-hydrogen) atoms. The fourth-order valence-corrected chi connectivity index (χ4v) is 2.41. The zero-order valence-electron chi connectivity index (χ0n) is 11.6. The zero-order valence-corrected chi connectivity index (χ0v) is 12.4. The molecule has 2 rings (SSSR count). The summed E-state index contributed by atoms with van der Waals surface area (Å²) in [6.45, 7) is 6.40. The van der Waals surface area contributed by atoms with E-state index in [0.29, 0.717) is 4.64 Å². The summed E-state index contributed by atoms with van der Waals surface area (Å²) >= 11 is 5.04. The predicted octanol–water partition coefficient (Wildman–Crippen LogP) is 3.82. The Labute approximate surface area is 118 Å². The van der Waals surface area contributed by atoms with Crippen LogP contribution < -0.4 is 0 Å². The van der Waals surface area contributed by atoms with E-state index in [1.807, 2.05) is 39.1 Å². The lowest BCUT2D eigenvalue weighted by molar-refractivity contribution is 0.0224. The van der Waals surface area contributed by atoms with E-state index in [9.17, 15) is 4.79 Å². The lowest BCUT2D eigenvalue weighted by atomic mass is 10.1. The maximum atomic E-state index is 12.2. The van der Waals surface area contributed by atoms with E-state index in [1.165, 1.54) is 0 Å². The molecule has 5 heteroatoms. The largest absolute Gasteiger partial charge is 0.444 e. The van der Waals surface area contributed by atoms with Gasteiger partial charge in [-0.1, -0.05) is 18.3 Å². The van der Waals surface area contributed by atoms with E-state index in [-0.39, 0.29) is 12.1 Å². The molecular formula is C14H20N2O2S. The lowest BCUT2D eigenvalue weighted by Gasteiger charge is -2.28. The van der Waals surface area contributed by atoms with Gasteiger partial charge in [0.15, 0.2) is 0 Å². The van der Waals surface area contributed by atoms with Crippen molar-refractivity contribution in [1.82, 2.24) is 9.88 Å². The Hall–Kier alpha value is -1.36. The van der Waals surface area contributed by atoms with Crippen molar-refractivity contribution in [1.29, 1.82) is 0 Å². The van der Waals surface area contributed by atoms with E-state index < -0.39 is 5.60 Å². The van der Waals surface area contributed by atoms with Gasteiger partial charge in [-0.05, 0) is 45.2 Å². The van der Waals surface area contributed by atoms with Gasteiger partial charge in [0, 0.05) is 12.7 Å². The number of nitrogens with zero attached hydrogens (tertiary/aromatic N) is 1. The standard InChI is InChI=1S/C14H20N2O2S/c1-14(2,3)18-13(17)16-8-4-5-11(16)10-6-7-12(19)15-9-10/h6-7,9,11H,4-5,8H2,1-3H3,(H,15,19)/t11-/m1/s1. The molecule has 2 heterocycles. The molecule has 1 saturated heterocycles. The number of H-pyrrole nitrogens is 1. The quantitative estimate of drug-likeness (QED) is 0.795. The number of pyridine rings is 1. The van der Waals surface area contributed by atoms with Crippen LogP contribution in [0.2, 0.25) is 0 Å². The third-order valence-corrected chi connectivity index (χ3v) is 3.33. The highest BCUT2D eigenvalue weighted by Gasteiger charge is 2.33. The summed E-state index contributed by atoms with van der Waals surface area (Å²) in [5.74, 6) is 0. The van der Waals surface area contributed by atoms with Crippen LogP contribution in [0.1, 0.15) is 45.2 Å². The van der Waals surface area contributed by atoms with Gasteiger partial charge in [-0.2, -0.15) is 0 Å². The van der Waals surface area contributed by atoms with Gasteiger partial charge in [-0.3, -0.25) is 0 Å². The topological polar surface area (TPSA) is 45.3 Å². The van der Waals surface area contributed by atoms with Gasteiger partial charge in [-0.25, -0.2) is 4.79 Å². The van der Waals surface area contributed by atoms with E-state index in [2.05, 4.69) is 4.98 Å². The van der Waals surface area contributed by atoms with Gasteiger partial charge >= 0.3 is 6.09 Å². The summed E-state index contributed by atoms with van der Waals surface area (Å²) in [5.41, 5.74) is 0.623. The van der Waals surface area contributed by atoms with Crippen LogP contribution in [0, 0.1) is 4.64 Å². The van der Waals surface area contributed by atoms with Gasteiger partial charge in [0.25, 0.3) is 0 Å². The van der Waals surface area contributed by atoms with Crippen LogP contribution in [0.5, 0.6) is 0 Å². The molecule has 0 radical (unpaired) electrons. The SMILES string of the molecule is CC(C)(C)OC(=O)N1CCC[C@@H]1c1ccc(=S)[nH]c1. The molecule has 1 aromatic heterocycles. The average molecular weight is 280 g/mol. The normalized spacial score (nSPS) is 19.5. The van der Waals surface area contributed by atoms with E-state index in [4.69, 9.17) is 17.0 Å². The smallest absolute Gasteiger partial charge is 0.410 e. The first-order valence-corrected chi connectivity index (χ1v) is 6.96. The fourth-order valence-electron chi connectivity index (χ4n) is 2.28. The maximum absolute atomic E-state index is 12.2. The number of likely N-dealkylation sites (tertiary alicyclic amines) is 1. The second-order valence-electron chi connectivity index (χ2n) is 5.82. The Kier molecular flexibility index (Phi) is 3.94. The zero-order chi connectivity index (χ0) is 14.0. The third-order valence-electron chi connectivity index (χ3n) is 3.07. The monoisotopic (exact) mass is 280 g/mol. The van der Waals surface area contributed by atoms with Crippen LogP contribution in [0.25, 0.3) is 0 Å². The highest BCUT2D eigenvalue weighted by Crippen LogP contribution is 2.32. The lowest BCUT2D eigenvalue weighted by Crippen LogP contribution is -2.36. The second kappa shape index (κ2) is 5.33. The first kappa shape index (κ1) is 14.1. The second-order valence-corrected chi connectivity index (χ2v) is 6.26. The van der Waals surface area contributed by atoms with Crippen molar-refractivity contribution in [2.75, 3.05) is 6.54 Å². The first-order valence-electron chi connectivity index (χ1n) is 6.55. The molecule has 0 aliphatic carbocycles. The number of nitrogens with one attached hydrogen (secondary N) is 1. The number of carbonyl (C=O) groups excluding carboxylic acids is 1. The Bertz CT molecular complexity index is 498. The minimum absolute atomic E-state index is 0.0849. The number of rotatable bonds is 1. The minimum Gasteiger partial charge on any atom is -0.444 e. The third kappa shape index (κ3) is 3.56. The molecule has 1 aromatic rings. The van der Waals surface area contributed by atoms with Gasteiger partial charge in [0.05, 0.1) is 6.04 Å². The maximum Gasteiger partial charge on any atom is 0.410 e. The number of carbonyl (C=O) groups is 1. The van der Waals surface area contributed by atoms with Gasteiger partial charge < -0.3 is 14.6 Å². The number of hydrogen-bond donors (Lipinski definition) is 1. The van der Waals surface area contributed by atoms with Crippen molar-refractivity contribution in [2.45, 2.75) is 45.3 Å². The highest BCUT2D eigenvalue weighted by atomic mass is 32.1. The molecule has 0 unspecified atom stereocenters. The summed E-state index contributed by atoms with van der Waals surface area (Å²) in [4.78, 5) is 17.0. The molecule has 1 fully saturated rings. The van der Waals surface area contributed by atoms with Crippen LogP contribution in [-0.4, -0.2) is 28.1 Å². The number of hydrogen-bond acceptors (Lipinski definition) is 3. The van der Waals surface area contributed by atoms with Crippen LogP contribution in [-0.2, 0) is 4.74 Å². The molecule has 1 aliphatic rings. The fraction of sp³-hybridized carbons (Fsp3) is 0.571. The number of ether oxygens (including phenoxy) is 1. The molecule has 0 spiro atoms. The van der Waals surface area contributed by atoms with Crippen molar-refractivity contribution in [3.8, 4) is 0 Å². The van der Waals surface area contributed by atoms with Crippen LogP contribution in [0.4, 0.5) is 4.79 Å². The molecule has 104 valence electrons. The van der Waals surface area contributed by atoms with Crippen molar-refractivity contribution in [2.24, 2.45) is 0 Å². The van der Waals surface area contributed by atoms with E-state index in [1.54, 1.807) is 4.90 Å². The molecular weight excluding hydrogens is 260 g/mol. The Morgan fingerprint density at radius 2 is 2.21 bits per heavy atom. The molecule has 1 amide bonds. The summed E-state index contributed by atoms with van der Waals surface area (Å²) in [6.07, 6.45) is 3.61. The van der Waals surface area contributed by atoms with E-state index >= 15 is 0 Å². The van der Waals surface area contributed by atoms with Crippen LogP contribution >= 0.6 is 12.2 Å². The molecule has 1 atom stereocenters. The molecule has 1 aliphatic heterocycles. The number of aromatic amines is 1. The Morgan fingerprint density at radius 3 is 2.79 bits per heavy atom.